The van der Waals surface area contributed by atoms with Crippen LogP contribution in [0.25, 0.3) is 0 Å². The molecule has 0 radical (unpaired) electrons. The molecule has 0 amide bonds. The number of hydrogen-bond acceptors (Lipinski definition) is 3. The molecule has 0 rings (SSSR count). The summed E-state index contributed by atoms with van der Waals surface area (Å²) in [5.41, 5.74) is 0.308. The van der Waals surface area contributed by atoms with E-state index in [-0.39, 0.29) is 5.60 Å². The predicted molar refractivity (Wildman–Crippen MR) is 94.0 cm³/mol. The summed E-state index contributed by atoms with van der Waals surface area (Å²) < 4.78 is 6.23. The normalized spacial score (nSPS) is 13.4. The highest BCUT2D eigenvalue weighted by Crippen LogP contribution is 2.32. The molecule has 3 nitrogen and oxygen atoms in total. The second-order valence-corrected chi connectivity index (χ2v) is 8.03. The van der Waals surface area contributed by atoms with Crippen LogP contribution in [0.2, 0.25) is 0 Å². The highest BCUT2D eigenvalue weighted by molar-refractivity contribution is 4.77. The highest BCUT2D eigenvalue weighted by Gasteiger charge is 2.27. The molecule has 21 heavy (non-hydrogen) atoms. The van der Waals surface area contributed by atoms with Crippen molar-refractivity contribution in [3.63, 3.8) is 0 Å². The Morgan fingerprint density at radius 3 is 1.57 bits per heavy atom. The Kier molecular flexibility index (Phi) is 9.75. The lowest BCUT2D eigenvalue weighted by Gasteiger charge is -2.35. The quantitative estimate of drug-likeness (QED) is 0.544. The SMILES string of the molecule is CCC(C)(C)OCC(C)(CCCN(C)C)CCCN(C)C. The van der Waals surface area contributed by atoms with Gasteiger partial charge in [0, 0.05) is 0 Å². The molecule has 0 aliphatic carbocycles. The van der Waals surface area contributed by atoms with Crippen molar-refractivity contribution in [2.24, 2.45) is 5.41 Å². The lowest BCUT2D eigenvalue weighted by Crippen LogP contribution is -2.33. The van der Waals surface area contributed by atoms with Crippen molar-refractivity contribution in [2.45, 2.75) is 65.4 Å². The van der Waals surface area contributed by atoms with E-state index in [1.165, 1.54) is 38.8 Å². The van der Waals surface area contributed by atoms with E-state index < -0.39 is 0 Å². The van der Waals surface area contributed by atoms with Crippen LogP contribution in [0.3, 0.4) is 0 Å². The topological polar surface area (TPSA) is 15.7 Å². The fourth-order valence-corrected chi connectivity index (χ4v) is 2.39. The summed E-state index contributed by atoms with van der Waals surface area (Å²) in [6, 6.07) is 0. The van der Waals surface area contributed by atoms with Crippen LogP contribution in [0.4, 0.5) is 0 Å². The van der Waals surface area contributed by atoms with Gasteiger partial charge < -0.3 is 14.5 Å². The zero-order chi connectivity index (χ0) is 16.5. The molecule has 0 fully saturated rings. The molecule has 0 aromatic rings. The largest absolute Gasteiger partial charge is 0.375 e. The molecular formula is C18H40N2O. The Labute approximate surface area is 134 Å². The van der Waals surface area contributed by atoms with E-state index in [2.05, 4.69) is 65.7 Å². The average molecular weight is 301 g/mol. The Hall–Kier alpha value is -0.120. The van der Waals surface area contributed by atoms with Gasteiger partial charge in [0.1, 0.15) is 0 Å². The molecule has 0 saturated heterocycles. The Bertz CT molecular complexity index is 248. The van der Waals surface area contributed by atoms with Gasteiger partial charge in [-0.2, -0.15) is 0 Å². The molecule has 0 unspecified atom stereocenters. The summed E-state index contributed by atoms with van der Waals surface area (Å²) in [6.07, 6.45) is 6.07. The molecule has 3 heteroatoms. The fraction of sp³-hybridized carbons (Fsp3) is 1.00. The third-order valence-corrected chi connectivity index (χ3v) is 4.43. The van der Waals surface area contributed by atoms with Gasteiger partial charge in [0.05, 0.1) is 12.2 Å². The monoisotopic (exact) mass is 300 g/mol. The van der Waals surface area contributed by atoms with E-state index in [1.807, 2.05) is 0 Å². The number of hydrogen-bond donors (Lipinski definition) is 0. The minimum Gasteiger partial charge on any atom is -0.375 e. The first-order valence-electron chi connectivity index (χ1n) is 8.54. The van der Waals surface area contributed by atoms with Crippen molar-refractivity contribution in [3.05, 3.63) is 0 Å². The van der Waals surface area contributed by atoms with E-state index >= 15 is 0 Å². The van der Waals surface area contributed by atoms with Gasteiger partial charge in [0.2, 0.25) is 0 Å². The second kappa shape index (κ2) is 9.81. The molecular weight excluding hydrogens is 260 g/mol. The smallest absolute Gasteiger partial charge is 0.0624 e. The van der Waals surface area contributed by atoms with Gasteiger partial charge in [0.25, 0.3) is 0 Å². The predicted octanol–water partition coefficient (Wildman–Crippen LogP) is 3.88. The average Bonchev–Trinajstić information content (AvgIpc) is 2.36. The van der Waals surface area contributed by atoms with Crippen molar-refractivity contribution in [1.29, 1.82) is 0 Å². The third-order valence-electron chi connectivity index (χ3n) is 4.43. The Morgan fingerprint density at radius 2 is 1.24 bits per heavy atom. The van der Waals surface area contributed by atoms with E-state index in [1.54, 1.807) is 0 Å². The van der Waals surface area contributed by atoms with E-state index in [4.69, 9.17) is 4.74 Å². The fourth-order valence-electron chi connectivity index (χ4n) is 2.39. The summed E-state index contributed by atoms with van der Waals surface area (Å²) in [5.74, 6) is 0. The first-order valence-corrected chi connectivity index (χ1v) is 8.54. The molecule has 0 saturated carbocycles. The van der Waals surface area contributed by atoms with Crippen molar-refractivity contribution in [3.8, 4) is 0 Å². The van der Waals surface area contributed by atoms with E-state index in [0.717, 1.165) is 13.0 Å². The summed E-state index contributed by atoms with van der Waals surface area (Å²) in [7, 11) is 8.61. The maximum Gasteiger partial charge on any atom is 0.0624 e. The minimum atomic E-state index is 0.00432. The van der Waals surface area contributed by atoms with E-state index in [0.29, 0.717) is 5.41 Å². The van der Waals surface area contributed by atoms with Crippen molar-refractivity contribution in [2.75, 3.05) is 47.9 Å². The van der Waals surface area contributed by atoms with Crippen LogP contribution in [-0.2, 0) is 4.74 Å². The van der Waals surface area contributed by atoms with Gasteiger partial charge in [-0.05, 0) is 92.6 Å². The zero-order valence-corrected chi connectivity index (χ0v) is 16.0. The maximum absolute atomic E-state index is 6.23. The lowest BCUT2D eigenvalue weighted by molar-refractivity contribution is -0.0662. The molecule has 0 aromatic carbocycles. The van der Waals surface area contributed by atoms with Crippen LogP contribution < -0.4 is 0 Å². The van der Waals surface area contributed by atoms with Crippen molar-refractivity contribution >= 4 is 0 Å². The molecule has 0 aliphatic heterocycles. The van der Waals surface area contributed by atoms with Gasteiger partial charge in [-0.3, -0.25) is 0 Å². The number of nitrogens with zero attached hydrogens (tertiary/aromatic N) is 2. The Balaban J connectivity index is 4.43. The maximum atomic E-state index is 6.23. The number of ether oxygens (including phenoxy) is 1. The molecule has 0 N–H and O–H groups in total. The Morgan fingerprint density at radius 1 is 0.810 bits per heavy atom. The molecule has 0 heterocycles. The third kappa shape index (κ3) is 11.1. The summed E-state index contributed by atoms with van der Waals surface area (Å²) >= 11 is 0. The first-order chi connectivity index (χ1) is 9.60. The first kappa shape index (κ1) is 20.9. The molecule has 0 bridgehead atoms. The molecule has 0 spiro atoms. The van der Waals surface area contributed by atoms with Gasteiger partial charge in [0.15, 0.2) is 0 Å². The second-order valence-electron chi connectivity index (χ2n) is 8.03. The van der Waals surface area contributed by atoms with Crippen LogP contribution in [0.1, 0.15) is 59.8 Å². The van der Waals surface area contributed by atoms with Gasteiger partial charge in [-0.15, -0.1) is 0 Å². The highest BCUT2D eigenvalue weighted by atomic mass is 16.5. The van der Waals surface area contributed by atoms with Crippen molar-refractivity contribution < 1.29 is 4.74 Å². The van der Waals surface area contributed by atoms with E-state index in [9.17, 15) is 0 Å². The molecule has 128 valence electrons. The lowest BCUT2D eigenvalue weighted by atomic mass is 9.81. The summed E-state index contributed by atoms with van der Waals surface area (Å²) in [5, 5.41) is 0. The van der Waals surface area contributed by atoms with Gasteiger partial charge in [-0.1, -0.05) is 13.8 Å². The molecule has 0 atom stereocenters. The van der Waals surface area contributed by atoms with Crippen molar-refractivity contribution in [1.82, 2.24) is 9.80 Å². The van der Waals surface area contributed by atoms with Gasteiger partial charge in [-0.25, -0.2) is 0 Å². The number of rotatable bonds is 12. The van der Waals surface area contributed by atoms with Gasteiger partial charge >= 0.3 is 0 Å². The molecule has 0 aromatic heterocycles. The van der Waals surface area contributed by atoms with Crippen LogP contribution in [0, 0.1) is 5.41 Å². The van der Waals surface area contributed by atoms with Crippen LogP contribution in [0.5, 0.6) is 0 Å². The molecule has 0 aliphatic rings. The summed E-state index contributed by atoms with van der Waals surface area (Å²) in [4.78, 5) is 4.55. The van der Waals surface area contributed by atoms with Crippen LogP contribution in [0.15, 0.2) is 0 Å². The van der Waals surface area contributed by atoms with Crippen LogP contribution >= 0.6 is 0 Å². The standard InChI is InChI=1S/C18H40N2O/c1-9-17(2,3)21-16-18(4,12-10-14-19(5)6)13-11-15-20(7)8/h9-16H2,1-8H3. The zero-order valence-electron chi connectivity index (χ0n) is 16.0. The minimum absolute atomic E-state index is 0.00432. The van der Waals surface area contributed by atoms with Crippen LogP contribution in [-0.4, -0.2) is 63.3 Å². The summed E-state index contributed by atoms with van der Waals surface area (Å²) in [6.45, 7) is 12.2.